The van der Waals surface area contributed by atoms with Gasteiger partial charge in [0.05, 0.1) is 5.76 Å². The standard InChI is InChI=1S/C26H43F9N2O6S/c1-11-18(22(9,20(4,5)6)17(3)42-13-12-36-44(40,41)26(33,34)35)21(7,8)15-37(10)19(38)43-16(2)14-23(39,24(27,28)29)25(30,31)32/h16,18,36,39H,3,11-15H2,1-2,4-10H3. The van der Waals surface area contributed by atoms with Crippen LogP contribution in [0.4, 0.5) is 44.3 Å². The Balaban J connectivity index is 5.89. The molecule has 0 heterocycles. The summed E-state index contributed by atoms with van der Waals surface area (Å²) >= 11 is 0. The maximum absolute atomic E-state index is 13.1. The average molecular weight is 683 g/mol. The summed E-state index contributed by atoms with van der Waals surface area (Å²) in [6, 6.07) is 0. The lowest BCUT2D eigenvalue weighted by Crippen LogP contribution is -2.58. The van der Waals surface area contributed by atoms with Gasteiger partial charge in [0.2, 0.25) is 0 Å². The van der Waals surface area contributed by atoms with Gasteiger partial charge >= 0.3 is 34.0 Å². The number of rotatable bonds is 14. The Kier molecular flexibility index (Phi) is 13.2. The van der Waals surface area contributed by atoms with Gasteiger partial charge in [0.1, 0.15) is 12.7 Å². The molecule has 0 spiro atoms. The van der Waals surface area contributed by atoms with E-state index in [1.165, 1.54) is 11.8 Å². The fourth-order valence-corrected chi connectivity index (χ4v) is 5.87. The van der Waals surface area contributed by atoms with Crippen molar-refractivity contribution in [3.63, 3.8) is 0 Å². The number of aliphatic hydroxyl groups is 1. The van der Waals surface area contributed by atoms with Crippen molar-refractivity contribution in [1.29, 1.82) is 0 Å². The summed E-state index contributed by atoms with van der Waals surface area (Å²) in [6.45, 7) is 15.9. The Morgan fingerprint density at radius 2 is 1.41 bits per heavy atom. The molecule has 0 aromatic rings. The molecule has 0 bridgehead atoms. The van der Waals surface area contributed by atoms with Crippen LogP contribution in [0.1, 0.15) is 68.2 Å². The van der Waals surface area contributed by atoms with Gasteiger partial charge in [-0.15, -0.1) is 0 Å². The van der Waals surface area contributed by atoms with Crippen molar-refractivity contribution in [2.75, 3.05) is 26.7 Å². The Labute approximate surface area is 252 Å². The molecule has 0 aliphatic heterocycles. The molecule has 0 rings (SSSR count). The minimum absolute atomic E-state index is 0.105. The molecule has 1 amide bonds. The number of hydrogen-bond acceptors (Lipinski definition) is 6. The lowest BCUT2D eigenvalue weighted by atomic mass is 9.52. The van der Waals surface area contributed by atoms with Crippen LogP contribution in [0.5, 0.6) is 0 Å². The van der Waals surface area contributed by atoms with E-state index in [0.29, 0.717) is 6.42 Å². The topological polar surface area (TPSA) is 105 Å². The molecule has 0 aromatic carbocycles. The summed E-state index contributed by atoms with van der Waals surface area (Å²) in [5.41, 5.74) is -13.1. The first-order valence-electron chi connectivity index (χ1n) is 13.4. The predicted octanol–water partition coefficient (Wildman–Crippen LogP) is 6.76. The van der Waals surface area contributed by atoms with E-state index in [0.717, 1.165) is 11.8 Å². The zero-order valence-electron chi connectivity index (χ0n) is 26.1. The number of nitrogens with zero attached hydrogens (tertiary/aromatic N) is 1. The third kappa shape index (κ3) is 9.53. The summed E-state index contributed by atoms with van der Waals surface area (Å²) in [6.07, 6.45) is -17.0. The van der Waals surface area contributed by atoms with Gasteiger partial charge in [-0.05, 0) is 23.7 Å². The zero-order chi connectivity index (χ0) is 35.5. The van der Waals surface area contributed by atoms with Crippen LogP contribution in [0.2, 0.25) is 0 Å². The van der Waals surface area contributed by atoms with Gasteiger partial charge in [-0.1, -0.05) is 61.5 Å². The second-order valence-corrected chi connectivity index (χ2v) is 14.4. The number of nitrogens with one attached hydrogen (secondary N) is 1. The minimum atomic E-state index is -6.08. The molecule has 3 unspecified atom stereocenters. The van der Waals surface area contributed by atoms with E-state index < -0.39 is 87.4 Å². The average Bonchev–Trinajstić information content (AvgIpc) is 2.78. The van der Waals surface area contributed by atoms with E-state index in [1.807, 2.05) is 20.8 Å². The first kappa shape index (κ1) is 42.0. The first-order valence-corrected chi connectivity index (χ1v) is 14.9. The quantitative estimate of drug-likeness (QED) is 0.119. The summed E-state index contributed by atoms with van der Waals surface area (Å²) in [5, 5.41) is 9.41. The van der Waals surface area contributed by atoms with Crippen LogP contribution in [0.15, 0.2) is 12.3 Å². The molecule has 8 nitrogen and oxygen atoms in total. The summed E-state index contributed by atoms with van der Waals surface area (Å²) < 4.78 is 151. The minimum Gasteiger partial charge on any atom is -0.497 e. The molecule has 0 aliphatic rings. The van der Waals surface area contributed by atoms with E-state index in [2.05, 4.69) is 6.58 Å². The van der Waals surface area contributed by atoms with Crippen molar-refractivity contribution in [2.24, 2.45) is 22.2 Å². The number of sulfonamides is 1. The fourth-order valence-electron chi connectivity index (χ4n) is 5.36. The smallest absolute Gasteiger partial charge is 0.497 e. The molecular formula is C26H43F9N2O6S. The lowest BCUT2D eigenvalue weighted by Gasteiger charge is -2.54. The molecule has 18 heteroatoms. The van der Waals surface area contributed by atoms with Gasteiger partial charge in [0.25, 0.3) is 5.60 Å². The Morgan fingerprint density at radius 1 is 0.955 bits per heavy atom. The van der Waals surface area contributed by atoms with Gasteiger partial charge in [-0.2, -0.15) is 39.5 Å². The SMILES string of the molecule is C=C(OCCNS(=O)(=O)C(F)(F)F)C(C)(C(CC)C(C)(C)CN(C)C(=O)OC(C)CC(O)(C(F)(F)F)C(F)(F)F)C(C)(C)C. The summed E-state index contributed by atoms with van der Waals surface area (Å²) in [4.78, 5) is 13.7. The van der Waals surface area contributed by atoms with Crippen molar-refractivity contribution >= 4 is 16.1 Å². The molecule has 0 saturated heterocycles. The monoisotopic (exact) mass is 682 g/mol. The van der Waals surface area contributed by atoms with Crippen molar-refractivity contribution in [1.82, 2.24) is 9.62 Å². The van der Waals surface area contributed by atoms with Crippen molar-refractivity contribution < 1.29 is 67.3 Å². The third-order valence-corrected chi connectivity index (χ3v) is 9.13. The number of ether oxygens (including phenoxy) is 2. The molecule has 262 valence electrons. The molecule has 44 heavy (non-hydrogen) atoms. The number of halogens is 9. The Morgan fingerprint density at radius 3 is 1.77 bits per heavy atom. The Hall–Kier alpha value is -1.95. The molecular weight excluding hydrogens is 639 g/mol. The van der Waals surface area contributed by atoms with Crippen molar-refractivity contribution in [2.45, 2.75) is 97.8 Å². The molecule has 0 radical (unpaired) electrons. The van der Waals surface area contributed by atoms with Crippen LogP contribution in [0.25, 0.3) is 0 Å². The van der Waals surface area contributed by atoms with Gasteiger partial charge in [-0.3, -0.25) is 0 Å². The molecule has 3 atom stereocenters. The fraction of sp³-hybridized carbons (Fsp3) is 0.885. The van der Waals surface area contributed by atoms with Crippen LogP contribution >= 0.6 is 0 Å². The van der Waals surface area contributed by atoms with Crippen LogP contribution in [-0.2, 0) is 19.5 Å². The maximum Gasteiger partial charge on any atom is 0.511 e. The highest BCUT2D eigenvalue weighted by atomic mass is 32.2. The van der Waals surface area contributed by atoms with Crippen LogP contribution in [0, 0.1) is 22.2 Å². The van der Waals surface area contributed by atoms with Gasteiger partial charge < -0.3 is 19.5 Å². The first-order chi connectivity index (χ1) is 19.2. The summed E-state index contributed by atoms with van der Waals surface area (Å²) in [5.74, 6) is -0.323. The second kappa shape index (κ2) is 13.8. The number of hydrogen-bond donors (Lipinski definition) is 2. The predicted molar refractivity (Wildman–Crippen MR) is 143 cm³/mol. The van der Waals surface area contributed by atoms with E-state index >= 15 is 0 Å². The van der Waals surface area contributed by atoms with E-state index in [-0.39, 0.29) is 12.3 Å². The molecule has 0 aliphatic carbocycles. The number of alkyl halides is 9. The molecule has 0 fully saturated rings. The largest absolute Gasteiger partial charge is 0.511 e. The third-order valence-electron chi connectivity index (χ3n) is 7.94. The van der Waals surface area contributed by atoms with Crippen LogP contribution in [-0.4, -0.2) is 80.8 Å². The second-order valence-electron chi connectivity index (χ2n) is 12.6. The molecule has 2 N–H and O–H groups in total. The number of amides is 1. The lowest BCUT2D eigenvalue weighted by molar-refractivity contribution is -0.373. The van der Waals surface area contributed by atoms with Gasteiger partial charge in [-0.25, -0.2) is 17.9 Å². The summed E-state index contributed by atoms with van der Waals surface area (Å²) in [7, 11) is -4.38. The normalized spacial score (nSPS) is 17.0. The van der Waals surface area contributed by atoms with E-state index in [4.69, 9.17) is 9.47 Å². The molecule has 0 aromatic heterocycles. The van der Waals surface area contributed by atoms with Crippen molar-refractivity contribution in [3.8, 4) is 0 Å². The highest BCUT2D eigenvalue weighted by molar-refractivity contribution is 7.90. The van der Waals surface area contributed by atoms with E-state index in [1.54, 1.807) is 27.7 Å². The number of allylic oxidation sites excluding steroid dienone is 1. The number of carbonyl (C=O) groups excluding carboxylic acids is 1. The zero-order valence-corrected chi connectivity index (χ0v) is 27.0. The molecule has 0 saturated carbocycles. The van der Waals surface area contributed by atoms with E-state index in [9.17, 15) is 57.8 Å². The van der Waals surface area contributed by atoms with Gasteiger partial charge in [0, 0.05) is 32.0 Å². The Bertz CT molecular complexity index is 1090. The van der Waals surface area contributed by atoms with Crippen LogP contribution in [0.3, 0.4) is 0 Å². The highest BCUT2D eigenvalue weighted by Gasteiger charge is 2.70. The van der Waals surface area contributed by atoms with Gasteiger partial charge in [0.15, 0.2) is 0 Å². The van der Waals surface area contributed by atoms with Crippen molar-refractivity contribution in [3.05, 3.63) is 12.3 Å². The maximum atomic E-state index is 13.1. The number of carbonyl (C=O) groups is 1. The highest BCUT2D eigenvalue weighted by Crippen LogP contribution is 2.56. The van der Waals surface area contributed by atoms with Crippen LogP contribution < -0.4 is 4.72 Å².